The summed E-state index contributed by atoms with van der Waals surface area (Å²) in [4.78, 5) is -0.203. The molecule has 9 heteroatoms. The number of hydrogen-bond acceptors (Lipinski definition) is 3. The molecule has 3 rings (SSSR count). The third kappa shape index (κ3) is 3.10. The van der Waals surface area contributed by atoms with Gasteiger partial charge in [-0.15, -0.1) is 0 Å². The zero-order valence-corrected chi connectivity index (χ0v) is 14.5. The molecule has 1 aliphatic heterocycles. The zero-order chi connectivity index (χ0) is 17.5. The van der Waals surface area contributed by atoms with E-state index in [-0.39, 0.29) is 18.0 Å². The van der Waals surface area contributed by atoms with Crippen LogP contribution in [0.5, 0.6) is 5.75 Å². The number of anilines is 1. The fourth-order valence-corrected chi connectivity index (χ4v) is 4.16. The Balaban J connectivity index is 2.00. The van der Waals surface area contributed by atoms with E-state index in [4.69, 9.17) is 4.74 Å². The van der Waals surface area contributed by atoms with Crippen molar-refractivity contribution >= 4 is 31.6 Å². The van der Waals surface area contributed by atoms with Gasteiger partial charge in [-0.25, -0.2) is 8.42 Å². The summed E-state index contributed by atoms with van der Waals surface area (Å²) >= 11 is 3.28. The van der Waals surface area contributed by atoms with Gasteiger partial charge in [0.05, 0.1) is 22.7 Å². The van der Waals surface area contributed by atoms with E-state index in [2.05, 4.69) is 15.9 Å². The number of sulfonamides is 1. The molecule has 0 radical (unpaired) electrons. The predicted molar refractivity (Wildman–Crippen MR) is 85.6 cm³/mol. The minimum absolute atomic E-state index is 0.0813. The summed E-state index contributed by atoms with van der Waals surface area (Å²) in [5.74, 6) is 0.395. The quantitative estimate of drug-likeness (QED) is 0.734. The summed E-state index contributed by atoms with van der Waals surface area (Å²) < 4.78 is 70.7. The highest BCUT2D eigenvalue weighted by Gasteiger charge is 2.33. The molecule has 0 unspecified atom stereocenters. The van der Waals surface area contributed by atoms with Crippen molar-refractivity contribution in [3.63, 3.8) is 0 Å². The third-order valence-electron chi connectivity index (χ3n) is 3.51. The van der Waals surface area contributed by atoms with Gasteiger partial charge in [0, 0.05) is 4.47 Å². The first-order chi connectivity index (χ1) is 11.2. The van der Waals surface area contributed by atoms with E-state index < -0.39 is 21.8 Å². The molecule has 0 spiro atoms. The number of rotatable bonds is 2. The van der Waals surface area contributed by atoms with Crippen molar-refractivity contribution in [3.8, 4) is 5.75 Å². The van der Waals surface area contributed by atoms with E-state index in [9.17, 15) is 21.6 Å². The maximum absolute atomic E-state index is 12.8. The maximum atomic E-state index is 12.8. The number of fused-ring (bicyclic) bond motifs is 1. The van der Waals surface area contributed by atoms with Crippen LogP contribution in [-0.4, -0.2) is 21.6 Å². The summed E-state index contributed by atoms with van der Waals surface area (Å²) in [6, 6.07) is 8.34. The van der Waals surface area contributed by atoms with Gasteiger partial charge in [-0.05, 0) is 42.5 Å². The molecule has 0 saturated heterocycles. The average Bonchev–Trinajstić information content (AvgIpc) is 2.53. The molecule has 0 fully saturated rings. The van der Waals surface area contributed by atoms with Crippen LogP contribution in [0.15, 0.2) is 51.8 Å². The van der Waals surface area contributed by atoms with Crippen LogP contribution >= 0.6 is 15.9 Å². The lowest BCUT2D eigenvalue weighted by molar-refractivity contribution is -0.137. The van der Waals surface area contributed by atoms with Crippen LogP contribution < -0.4 is 9.04 Å². The van der Waals surface area contributed by atoms with Gasteiger partial charge in [-0.1, -0.05) is 15.9 Å². The average molecular weight is 422 g/mol. The van der Waals surface area contributed by atoms with Gasteiger partial charge >= 0.3 is 6.18 Å². The Hall–Kier alpha value is -1.74. The van der Waals surface area contributed by atoms with Crippen LogP contribution in [0.3, 0.4) is 0 Å². The van der Waals surface area contributed by atoms with Crippen molar-refractivity contribution in [3.05, 3.63) is 52.5 Å². The smallest absolute Gasteiger partial charge is 0.416 e. The van der Waals surface area contributed by atoms with Crippen molar-refractivity contribution < 1.29 is 26.3 Å². The van der Waals surface area contributed by atoms with E-state index in [0.717, 1.165) is 33.0 Å². The SMILES string of the molecule is O=S(=O)(c1ccc(C(F)(F)F)cc1)N1CCOc2cc(Br)ccc21. The number of alkyl halides is 3. The van der Waals surface area contributed by atoms with Crippen LogP contribution in [0.25, 0.3) is 0 Å². The van der Waals surface area contributed by atoms with Crippen LogP contribution in [0, 0.1) is 0 Å². The highest BCUT2D eigenvalue weighted by Crippen LogP contribution is 2.37. The first-order valence-corrected chi connectivity index (χ1v) is 9.05. The normalized spacial score (nSPS) is 14.9. The lowest BCUT2D eigenvalue weighted by Crippen LogP contribution is -2.37. The van der Waals surface area contributed by atoms with Gasteiger partial charge in [0.1, 0.15) is 12.4 Å². The van der Waals surface area contributed by atoms with Crippen molar-refractivity contribution in [2.45, 2.75) is 11.1 Å². The van der Waals surface area contributed by atoms with E-state index in [0.29, 0.717) is 11.4 Å². The molecule has 0 atom stereocenters. The Kier molecular flexibility index (Phi) is 4.25. The van der Waals surface area contributed by atoms with Crippen LogP contribution in [0.1, 0.15) is 5.56 Å². The zero-order valence-electron chi connectivity index (χ0n) is 12.0. The molecule has 2 aromatic carbocycles. The highest BCUT2D eigenvalue weighted by molar-refractivity contribution is 9.10. The molecule has 0 N–H and O–H groups in total. The molecule has 24 heavy (non-hydrogen) atoms. The van der Waals surface area contributed by atoms with E-state index in [1.807, 2.05) is 0 Å². The standard InChI is InChI=1S/C15H11BrF3NO3S/c16-11-3-6-13-14(9-11)23-8-7-20(13)24(21,22)12-4-1-10(2-5-12)15(17,18)19/h1-6,9H,7-8H2. The summed E-state index contributed by atoms with van der Waals surface area (Å²) in [5, 5.41) is 0. The van der Waals surface area contributed by atoms with Gasteiger partial charge in [0.2, 0.25) is 0 Å². The molecule has 1 heterocycles. The van der Waals surface area contributed by atoms with Gasteiger partial charge < -0.3 is 4.74 Å². The summed E-state index contributed by atoms with van der Waals surface area (Å²) in [5.41, 5.74) is -0.544. The lowest BCUT2D eigenvalue weighted by atomic mass is 10.2. The van der Waals surface area contributed by atoms with Crippen molar-refractivity contribution in [2.24, 2.45) is 0 Å². The second-order valence-corrected chi connectivity index (χ2v) is 7.84. The fourth-order valence-electron chi connectivity index (χ4n) is 2.36. The number of hydrogen-bond donors (Lipinski definition) is 0. The number of ether oxygens (including phenoxy) is 1. The Morgan fingerprint density at radius 1 is 1.08 bits per heavy atom. The monoisotopic (exact) mass is 421 g/mol. The molecule has 0 aromatic heterocycles. The molecular weight excluding hydrogens is 411 g/mol. The largest absolute Gasteiger partial charge is 0.489 e. The lowest BCUT2D eigenvalue weighted by Gasteiger charge is -2.30. The van der Waals surface area contributed by atoms with Crippen LogP contribution in [0.2, 0.25) is 0 Å². The molecule has 0 bridgehead atoms. The Morgan fingerprint density at radius 2 is 1.75 bits per heavy atom. The van der Waals surface area contributed by atoms with E-state index in [1.165, 1.54) is 0 Å². The van der Waals surface area contributed by atoms with Crippen LogP contribution in [-0.2, 0) is 16.2 Å². The molecule has 0 saturated carbocycles. The predicted octanol–water partition coefficient (Wildman–Crippen LogP) is 4.06. The second kappa shape index (κ2) is 5.96. The van der Waals surface area contributed by atoms with Gasteiger partial charge in [-0.3, -0.25) is 4.31 Å². The van der Waals surface area contributed by atoms with Gasteiger partial charge in [0.15, 0.2) is 0 Å². The highest BCUT2D eigenvalue weighted by atomic mass is 79.9. The molecular formula is C15H11BrF3NO3S. The number of benzene rings is 2. The third-order valence-corrected chi connectivity index (χ3v) is 5.83. The van der Waals surface area contributed by atoms with E-state index in [1.54, 1.807) is 18.2 Å². The maximum Gasteiger partial charge on any atom is 0.416 e. The molecule has 0 aliphatic carbocycles. The first kappa shape index (κ1) is 17.1. The molecule has 128 valence electrons. The Morgan fingerprint density at radius 3 is 2.38 bits per heavy atom. The summed E-state index contributed by atoms with van der Waals surface area (Å²) in [7, 11) is -3.98. The number of halogens is 4. The number of nitrogens with zero attached hydrogens (tertiary/aromatic N) is 1. The first-order valence-electron chi connectivity index (χ1n) is 6.82. The molecule has 1 aliphatic rings. The van der Waals surface area contributed by atoms with E-state index >= 15 is 0 Å². The minimum Gasteiger partial charge on any atom is -0.489 e. The van der Waals surface area contributed by atoms with Gasteiger partial charge in [0.25, 0.3) is 10.0 Å². The summed E-state index contributed by atoms with van der Waals surface area (Å²) in [6.45, 7) is 0.237. The Labute approximate surface area is 145 Å². The Bertz CT molecular complexity index is 867. The van der Waals surface area contributed by atoms with Crippen LogP contribution in [0.4, 0.5) is 18.9 Å². The molecule has 2 aromatic rings. The van der Waals surface area contributed by atoms with Crippen molar-refractivity contribution in [2.75, 3.05) is 17.5 Å². The van der Waals surface area contributed by atoms with Gasteiger partial charge in [-0.2, -0.15) is 13.2 Å². The topological polar surface area (TPSA) is 46.6 Å². The summed E-state index contributed by atoms with van der Waals surface area (Å²) in [6.07, 6.45) is -4.51. The minimum atomic E-state index is -4.51. The molecule has 4 nitrogen and oxygen atoms in total. The second-order valence-electron chi connectivity index (χ2n) is 5.06. The van der Waals surface area contributed by atoms with Crippen molar-refractivity contribution in [1.29, 1.82) is 0 Å². The molecule has 0 amide bonds. The van der Waals surface area contributed by atoms with Crippen molar-refractivity contribution in [1.82, 2.24) is 0 Å². The fraction of sp³-hybridized carbons (Fsp3) is 0.200.